The summed E-state index contributed by atoms with van der Waals surface area (Å²) in [4.78, 5) is 28.4. The van der Waals surface area contributed by atoms with E-state index in [-0.39, 0.29) is 28.2 Å². The molecule has 10 nitrogen and oxygen atoms in total. The summed E-state index contributed by atoms with van der Waals surface area (Å²) in [6.07, 6.45) is 2.69. The van der Waals surface area contributed by atoms with E-state index in [2.05, 4.69) is 17.0 Å². The molecule has 29 heavy (non-hydrogen) atoms. The molecule has 0 aliphatic rings. The highest BCUT2D eigenvalue weighted by atomic mass is 16.6. The van der Waals surface area contributed by atoms with E-state index < -0.39 is 16.3 Å². The molecule has 10 heteroatoms. The van der Waals surface area contributed by atoms with E-state index in [1.165, 1.54) is 7.05 Å². The molecule has 0 bridgehead atoms. The highest BCUT2D eigenvalue weighted by Gasteiger charge is 2.31. The summed E-state index contributed by atoms with van der Waals surface area (Å²) in [5.41, 5.74) is 7.42. The molecule has 0 aliphatic heterocycles. The van der Waals surface area contributed by atoms with E-state index in [0.29, 0.717) is 17.6 Å². The average molecular weight is 396 g/mol. The fourth-order valence-electron chi connectivity index (χ4n) is 3.54. The number of unbranched alkanes of at least 4 members (excludes halogenated alkanes) is 2. The predicted molar refractivity (Wildman–Crippen MR) is 109 cm³/mol. The lowest BCUT2D eigenvalue weighted by Gasteiger charge is -2.07. The third kappa shape index (κ3) is 2.93. The molecule has 0 unspecified atom stereocenters. The molecule has 4 rings (SSSR count). The number of benzene rings is 1. The minimum absolute atomic E-state index is 0.0543. The number of nitrogens with two attached hydrogens (primary N) is 1. The molecule has 3 aromatic heterocycles. The molecule has 150 valence electrons. The van der Waals surface area contributed by atoms with Gasteiger partial charge in [0.15, 0.2) is 5.58 Å². The van der Waals surface area contributed by atoms with E-state index in [1.54, 1.807) is 22.8 Å². The highest BCUT2D eigenvalue weighted by molar-refractivity contribution is 6.05. The van der Waals surface area contributed by atoms with Crippen LogP contribution in [0.3, 0.4) is 0 Å². The third-order valence-electron chi connectivity index (χ3n) is 4.93. The van der Waals surface area contributed by atoms with Gasteiger partial charge in [0.25, 0.3) is 0 Å². The lowest BCUT2D eigenvalue weighted by Crippen LogP contribution is -2.23. The highest BCUT2D eigenvalue weighted by Crippen LogP contribution is 2.40. The van der Waals surface area contributed by atoms with Crippen LogP contribution in [0.2, 0.25) is 0 Å². The fourth-order valence-corrected chi connectivity index (χ4v) is 3.54. The molecule has 0 radical (unpaired) electrons. The van der Waals surface area contributed by atoms with Gasteiger partial charge < -0.3 is 24.8 Å². The van der Waals surface area contributed by atoms with E-state index in [0.717, 1.165) is 23.9 Å². The smallest absolute Gasteiger partial charge is 0.399 e. The number of aryl methyl sites for hydroxylation is 2. The Bertz CT molecular complexity index is 1270. The summed E-state index contributed by atoms with van der Waals surface area (Å²) in [5.74, 6) is -0.128. The Labute approximate surface area is 164 Å². The summed E-state index contributed by atoms with van der Waals surface area (Å²) in [6.45, 7) is 2.52. The number of para-hydroxylation sites is 2. The van der Waals surface area contributed by atoms with Crippen LogP contribution in [-0.4, -0.2) is 24.3 Å². The van der Waals surface area contributed by atoms with Gasteiger partial charge in [-0.15, -0.1) is 4.68 Å². The van der Waals surface area contributed by atoms with Crippen molar-refractivity contribution in [3.05, 3.63) is 44.7 Å². The first-order valence-electron chi connectivity index (χ1n) is 9.33. The average Bonchev–Trinajstić information content (AvgIpc) is 3.23. The summed E-state index contributed by atoms with van der Waals surface area (Å²) >= 11 is 0. The van der Waals surface area contributed by atoms with Crippen LogP contribution in [0.4, 0.5) is 11.6 Å². The Hall–Kier alpha value is -3.69. The first-order chi connectivity index (χ1) is 13.9. The maximum atomic E-state index is 12.9. The van der Waals surface area contributed by atoms with Crippen LogP contribution in [0.5, 0.6) is 0 Å². The Balaban J connectivity index is 2.10. The third-order valence-corrected chi connectivity index (χ3v) is 4.93. The van der Waals surface area contributed by atoms with Gasteiger partial charge >= 0.3 is 11.4 Å². The number of fused-ring (bicyclic) bond motifs is 2. The molecule has 0 spiro atoms. The molecule has 2 N–H and O–H groups in total. The molecule has 0 aliphatic carbocycles. The zero-order valence-electron chi connectivity index (χ0n) is 16.1. The second-order valence-electron chi connectivity index (χ2n) is 6.84. The van der Waals surface area contributed by atoms with Crippen molar-refractivity contribution in [2.75, 3.05) is 5.73 Å². The van der Waals surface area contributed by atoms with Crippen molar-refractivity contribution < 1.29 is 9.34 Å². The minimum Gasteiger partial charge on any atom is -0.436 e. The van der Waals surface area contributed by atoms with Gasteiger partial charge in [0, 0.05) is 6.54 Å². The van der Waals surface area contributed by atoms with Gasteiger partial charge in [-0.1, -0.05) is 31.9 Å². The van der Waals surface area contributed by atoms with Gasteiger partial charge in [-0.25, -0.2) is 4.98 Å². The molecular formula is C19H20N6O4. The van der Waals surface area contributed by atoms with Crippen molar-refractivity contribution in [1.29, 1.82) is 0 Å². The first-order valence-corrected chi connectivity index (χ1v) is 9.33. The maximum absolute atomic E-state index is 12.9. The molecule has 0 atom stereocenters. The van der Waals surface area contributed by atoms with Crippen LogP contribution in [0, 0.1) is 10.1 Å². The van der Waals surface area contributed by atoms with Gasteiger partial charge in [-0.05, 0) is 23.5 Å². The quantitative estimate of drug-likeness (QED) is 0.300. The maximum Gasteiger partial charge on any atom is 0.399 e. The second-order valence-corrected chi connectivity index (χ2v) is 6.84. The van der Waals surface area contributed by atoms with Crippen molar-refractivity contribution in [1.82, 2.24) is 19.3 Å². The van der Waals surface area contributed by atoms with Gasteiger partial charge in [-0.2, -0.15) is 0 Å². The van der Waals surface area contributed by atoms with Crippen LogP contribution < -0.4 is 11.3 Å². The summed E-state index contributed by atoms with van der Waals surface area (Å²) in [7, 11) is 1.38. The number of aromatic nitrogens is 4. The van der Waals surface area contributed by atoms with Crippen LogP contribution in [0.1, 0.15) is 26.2 Å². The molecule has 1 aromatic carbocycles. The van der Waals surface area contributed by atoms with Crippen molar-refractivity contribution in [2.24, 2.45) is 7.05 Å². The number of nitro groups is 1. The number of hydrogen-bond acceptors (Lipinski definition) is 7. The molecule has 0 saturated carbocycles. The van der Waals surface area contributed by atoms with Gasteiger partial charge in [0.1, 0.15) is 22.2 Å². The number of nitrogen functional groups attached to an aromatic ring is 1. The topological polar surface area (TPSA) is 135 Å². The minimum atomic E-state index is -0.621. The van der Waals surface area contributed by atoms with Gasteiger partial charge in [0.2, 0.25) is 5.89 Å². The molecular weight excluding hydrogens is 376 g/mol. The van der Waals surface area contributed by atoms with Gasteiger partial charge in [-0.3, -0.25) is 4.79 Å². The number of oxazole rings is 1. The molecule has 0 saturated heterocycles. The standard InChI is InChI=1S/C19H20N6O4/c1-3-4-7-10-24-15-13(17(25(27)28)22-23(2)19(15)26)14(16(24)20)18-21-11-8-5-6-9-12(11)29-18/h5-6,8-9H,3-4,7,10,20H2,1-2H3. The molecule has 0 amide bonds. The molecule has 0 fully saturated rings. The SMILES string of the molecule is CCCCCn1c(N)c(-c2nc3ccccc3o2)c2c([N+](=O)[O-])nn(C)c(=O)c21. The summed E-state index contributed by atoms with van der Waals surface area (Å²) in [5, 5.41) is 15.7. The molecule has 3 heterocycles. The lowest BCUT2D eigenvalue weighted by atomic mass is 10.2. The van der Waals surface area contributed by atoms with E-state index >= 15 is 0 Å². The largest absolute Gasteiger partial charge is 0.436 e. The van der Waals surface area contributed by atoms with Crippen molar-refractivity contribution in [2.45, 2.75) is 32.7 Å². The van der Waals surface area contributed by atoms with Crippen molar-refractivity contribution in [3.63, 3.8) is 0 Å². The van der Waals surface area contributed by atoms with Crippen LogP contribution in [0.25, 0.3) is 33.5 Å². The second kappa shape index (κ2) is 7.04. The number of hydrogen-bond donors (Lipinski definition) is 1. The van der Waals surface area contributed by atoms with Crippen LogP contribution in [0.15, 0.2) is 33.5 Å². The van der Waals surface area contributed by atoms with Crippen molar-refractivity contribution >= 4 is 33.6 Å². The number of anilines is 1. The Morgan fingerprint density at radius 2 is 2.03 bits per heavy atom. The number of nitrogens with zero attached hydrogens (tertiary/aromatic N) is 5. The monoisotopic (exact) mass is 396 g/mol. The van der Waals surface area contributed by atoms with Crippen LogP contribution >= 0.6 is 0 Å². The van der Waals surface area contributed by atoms with Crippen LogP contribution in [-0.2, 0) is 13.6 Å². The zero-order chi connectivity index (χ0) is 20.7. The Kier molecular flexibility index (Phi) is 4.53. The Morgan fingerprint density at radius 1 is 1.28 bits per heavy atom. The lowest BCUT2D eigenvalue weighted by molar-refractivity contribution is -0.388. The Morgan fingerprint density at radius 3 is 2.72 bits per heavy atom. The summed E-state index contributed by atoms with van der Waals surface area (Å²) in [6, 6.07) is 7.12. The first kappa shape index (κ1) is 18.7. The normalized spacial score (nSPS) is 11.5. The van der Waals surface area contributed by atoms with E-state index in [1.807, 2.05) is 6.07 Å². The molecule has 4 aromatic rings. The van der Waals surface area contributed by atoms with Gasteiger partial charge in [0.05, 0.1) is 17.7 Å². The predicted octanol–water partition coefficient (Wildman–Crippen LogP) is 3.22. The van der Waals surface area contributed by atoms with E-state index in [9.17, 15) is 14.9 Å². The van der Waals surface area contributed by atoms with E-state index in [4.69, 9.17) is 10.2 Å². The number of rotatable bonds is 6. The van der Waals surface area contributed by atoms with Crippen molar-refractivity contribution in [3.8, 4) is 11.5 Å². The zero-order valence-corrected chi connectivity index (χ0v) is 16.1. The fraction of sp³-hybridized carbons (Fsp3) is 0.316. The summed E-state index contributed by atoms with van der Waals surface area (Å²) < 4.78 is 8.40.